The Balaban J connectivity index is 2.07. The van der Waals surface area contributed by atoms with Gasteiger partial charge in [0.25, 0.3) is 10.0 Å². The van der Waals surface area contributed by atoms with E-state index in [2.05, 4.69) is 5.32 Å². The second-order valence-electron chi connectivity index (χ2n) is 10.2. The van der Waals surface area contributed by atoms with E-state index in [4.69, 9.17) is 16.3 Å². The van der Waals surface area contributed by atoms with Gasteiger partial charge in [0.1, 0.15) is 18.3 Å². The number of hydrogen-bond donors (Lipinski definition) is 1. The summed E-state index contributed by atoms with van der Waals surface area (Å²) in [5, 5.41) is 3.33. The molecule has 1 atom stereocenters. The normalized spacial score (nSPS) is 12.0. The van der Waals surface area contributed by atoms with Gasteiger partial charge in [0.05, 0.1) is 17.7 Å². The third-order valence-electron chi connectivity index (χ3n) is 7.16. The van der Waals surface area contributed by atoms with Crippen LogP contribution in [-0.2, 0) is 26.2 Å². The van der Waals surface area contributed by atoms with Gasteiger partial charge in [0.15, 0.2) is 0 Å². The van der Waals surface area contributed by atoms with Crippen molar-refractivity contribution in [3.8, 4) is 5.75 Å². The van der Waals surface area contributed by atoms with E-state index in [-0.39, 0.29) is 17.3 Å². The molecule has 3 aromatic carbocycles. The van der Waals surface area contributed by atoms with Crippen LogP contribution in [0.25, 0.3) is 0 Å². The Morgan fingerprint density at radius 2 is 1.69 bits per heavy atom. The van der Waals surface area contributed by atoms with Crippen LogP contribution in [0.3, 0.4) is 0 Å². The van der Waals surface area contributed by atoms with E-state index in [1.807, 2.05) is 45.9 Å². The molecule has 0 aliphatic carbocycles. The van der Waals surface area contributed by atoms with Gasteiger partial charge < -0.3 is 15.0 Å². The number of carbonyl (C=O) groups is 2. The first-order valence-electron chi connectivity index (χ1n) is 14.1. The average molecular weight is 614 g/mol. The zero-order chi connectivity index (χ0) is 30.9. The number of sulfonamides is 1. The SMILES string of the molecule is CCCCNC(=O)[C@@H](CC)N(Cc1cccc(OC)c1)C(=O)CN(c1ccc(C)c(C)c1)S(=O)(=O)c1ccc(Cl)cc1. The fourth-order valence-electron chi connectivity index (χ4n) is 4.54. The van der Waals surface area contributed by atoms with Crippen LogP contribution >= 0.6 is 11.6 Å². The number of nitrogens with one attached hydrogen (secondary N) is 1. The molecule has 0 heterocycles. The second-order valence-corrected chi connectivity index (χ2v) is 12.5. The van der Waals surface area contributed by atoms with Gasteiger partial charge in [-0.25, -0.2) is 8.42 Å². The molecule has 8 nitrogen and oxygen atoms in total. The fraction of sp³-hybridized carbons (Fsp3) is 0.375. The van der Waals surface area contributed by atoms with Crippen molar-refractivity contribution < 1.29 is 22.7 Å². The van der Waals surface area contributed by atoms with Gasteiger partial charge in [0, 0.05) is 18.1 Å². The Bertz CT molecular complexity index is 1480. The van der Waals surface area contributed by atoms with Gasteiger partial charge in [-0.3, -0.25) is 13.9 Å². The highest BCUT2D eigenvalue weighted by atomic mass is 35.5. The number of rotatable bonds is 14. The maximum absolute atomic E-state index is 14.2. The topological polar surface area (TPSA) is 96.0 Å². The van der Waals surface area contributed by atoms with Crippen LogP contribution in [0.1, 0.15) is 49.8 Å². The first kappa shape index (κ1) is 32.9. The van der Waals surface area contributed by atoms with Crippen LogP contribution in [0.4, 0.5) is 5.69 Å². The maximum atomic E-state index is 14.2. The molecular formula is C32H40ClN3O5S. The number of unbranched alkanes of at least 4 members (excludes halogenated alkanes) is 1. The monoisotopic (exact) mass is 613 g/mol. The molecule has 0 spiro atoms. The van der Waals surface area contributed by atoms with Crippen molar-refractivity contribution in [1.82, 2.24) is 10.2 Å². The Hall–Kier alpha value is -3.56. The van der Waals surface area contributed by atoms with E-state index >= 15 is 0 Å². The molecule has 0 aliphatic heterocycles. The van der Waals surface area contributed by atoms with Gasteiger partial charge in [0.2, 0.25) is 11.8 Å². The van der Waals surface area contributed by atoms with Crippen LogP contribution in [0.15, 0.2) is 71.6 Å². The first-order chi connectivity index (χ1) is 20.0. The predicted octanol–water partition coefficient (Wildman–Crippen LogP) is 5.88. The van der Waals surface area contributed by atoms with Gasteiger partial charge in [-0.05, 0) is 91.9 Å². The molecule has 0 bridgehead atoms. The zero-order valence-corrected chi connectivity index (χ0v) is 26.5. The summed E-state index contributed by atoms with van der Waals surface area (Å²) in [7, 11) is -2.62. The van der Waals surface area contributed by atoms with Crippen molar-refractivity contribution in [2.24, 2.45) is 0 Å². The molecule has 226 valence electrons. The molecule has 42 heavy (non-hydrogen) atoms. The number of amides is 2. The van der Waals surface area contributed by atoms with Gasteiger partial charge in [-0.15, -0.1) is 0 Å². The number of nitrogens with zero attached hydrogens (tertiary/aromatic N) is 2. The van der Waals surface area contributed by atoms with Crippen LogP contribution in [0, 0.1) is 13.8 Å². The summed E-state index contributed by atoms with van der Waals surface area (Å²) >= 11 is 6.03. The number of ether oxygens (including phenoxy) is 1. The van der Waals surface area contributed by atoms with Gasteiger partial charge in [-0.2, -0.15) is 0 Å². The van der Waals surface area contributed by atoms with Crippen molar-refractivity contribution in [3.05, 3.63) is 88.4 Å². The number of carbonyl (C=O) groups excluding carboxylic acids is 2. The average Bonchev–Trinajstić information content (AvgIpc) is 2.97. The van der Waals surface area contributed by atoms with Crippen molar-refractivity contribution >= 4 is 39.1 Å². The Labute approximate surface area is 254 Å². The largest absolute Gasteiger partial charge is 0.497 e. The highest BCUT2D eigenvalue weighted by molar-refractivity contribution is 7.92. The summed E-state index contributed by atoms with van der Waals surface area (Å²) in [5.41, 5.74) is 2.97. The van der Waals surface area contributed by atoms with E-state index in [9.17, 15) is 18.0 Å². The standard InChI is InChI=1S/C32H40ClN3O5S/c1-6-8-18-34-32(38)30(7-2)35(21-25-10-9-11-28(20-25)41-5)31(37)22-36(27-15-12-23(3)24(4)19-27)42(39,40)29-16-13-26(33)14-17-29/h9-17,19-20,30H,6-8,18,21-22H2,1-5H3,(H,34,38)/t30-/m1/s1. The molecular weight excluding hydrogens is 574 g/mol. The van der Waals surface area contributed by atoms with E-state index in [1.54, 1.807) is 31.4 Å². The number of methoxy groups -OCH3 is 1. The minimum absolute atomic E-state index is 0.00150. The van der Waals surface area contributed by atoms with Crippen molar-refractivity contribution in [2.75, 3.05) is 24.5 Å². The number of benzene rings is 3. The molecule has 0 fully saturated rings. The van der Waals surface area contributed by atoms with Crippen LogP contribution in [-0.4, -0.2) is 51.4 Å². The van der Waals surface area contributed by atoms with Crippen LogP contribution < -0.4 is 14.4 Å². The molecule has 0 saturated heterocycles. The second kappa shape index (κ2) is 15.1. The number of anilines is 1. The molecule has 0 saturated carbocycles. The van der Waals surface area contributed by atoms with Crippen LogP contribution in [0.5, 0.6) is 5.75 Å². The summed E-state index contributed by atoms with van der Waals surface area (Å²) in [6.07, 6.45) is 2.07. The smallest absolute Gasteiger partial charge is 0.264 e. The summed E-state index contributed by atoms with van der Waals surface area (Å²) in [4.78, 5) is 29.0. The van der Waals surface area contributed by atoms with Gasteiger partial charge in [-0.1, -0.05) is 50.1 Å². The summed E-state index contributed by atoms with van der Waals surface area (Å²) in [5.74, 6) is -0.172. The minimum atomic E-state index is -4.18. The predicted molar refractivity (Wildman–Crippen MR) is 167 cm³/mol. The van der Waals surface area contributed by atoms with E-state index in [0.29, 0.717) is 29.4 Å². The van der Waals surface area contributed by atoms with Crippen LogP contribution in [0.2, 0.25) is 5.02 Å². The lowest BCUT2D eigenvalue weighted by Gasteiger charge is -2.33. The minimum Gasteiger partial charge on any atom is -0.497 e. The highest BCUT2D eigenvalue weighted by Crippen LogP contribution is 2.27. The molecule has 1 N–H and O–H groups in total. The summed E-state index contributed by atoms with van der Waals surface area (Å²) in [6, 6.07) is 17.5. The fourth-order valence-corrected chi connectivity index (χ4v) is 6.07. The van der Waals surface area contributed by atoms with Crippen molar-refractivity contribution in [1.29, 1.82) is 0 Å². The molecule has 0 unspecified atom stereocenters. The molecule has 0 aromatic heterocycles. The van der Waals surface area contributed by atoms with Crippen molar-refractivity contribution in [3.63, 3.8) is 0 Å². The molecule has 2 amide bonds. The highest BCUT2D eigenvalue weighted by Gasteiger charge is 2.33. The van der Waals surface area contributed by atoms with E-state index < -0.39 is 28.5 Å². The van der Waals surface area contributed by atoms with E-state index in [0.717, 1.165) is 33.8 Å². The molecule has 10 heteroatoms. The lowest BCUT2D eigenvalue weighted by Crippen LogP contribution is -2.52. The Morgan fingerprint density at radius 3 is 2.31 bits per heavy atom. The third-order valence-corrected chi connectivity index (χ3v) is 9.20. The lowest BCUT2D eigenvalue weighted by molar-refractivity contribution is -0.140. The Kier molecular flexibility index (Phi) is 11.8. The molecule has 0 radical (unpaired) electrons. The Morgan fingerprint density at radius 1 is 0.976 bits per heavy atom. The number of hydrogen-bond acceptors (Lipinski definition) is 5. The molecule has 0 aliphatic rings. The lowest BCUT2D eigenvalue weighted by atomic mass is 10.1. The number of aryl methyl sites for hydroxylation is 2. The third kappa shape index (κ3) is 8.26. The maximum Gasteiger partial charge on any atom is 0.264 e. The zero-order valence-electron chi connectivity index (χ0n) is 24.9. The quantitative estimate of drug-likeness (QED) is 0.229. The van der Waals surface area contributed by atoms with Gasteiger partial charge >= 0.3 is 0 Å². The first-order valence-corrected chi connectivity index (χ1v) is 15.9. The summed E-state index contributed by atoms with van der Waals surface area (Å²) < 4.78 is 34.5. The number of halogens is 1. The molecule has 3 aromatic rings. The molecule has 3 rings (SSSR count). The summed E-state index contributed by atoms with van der Waals surface area (Å²) in [6.45, 7) is 7.77. The van der Waals surface area contributed by atoms with Crippen molar-refractivity contribution in [2.45, 2.75) is 64.4 Å². The van der Waals surface area contributed by atoms with E-state index in [1.165, 1.54) is 29.2 Å².